The summed E-state index contributed by atoms with van der Waals surface area (Å²) in [6, 6.07) is 4.02. The Morgan fingerprint density at radius 1 is 1.26 bits per heavy atom. The molecule has 1 unspecified atom stereocenters. The number of hydrogen-bond acceptors (Lipinski definition) is 2. The van der Waals surface area contributed by atoms with Gasteiger partial charge in [0.05, 0.1) is 6.61 Å². The number of carbonyl (C=O) groups excluding carboxylic acids is 1. The van der Waals surface area contributed by atoms with E-state index in [4.69, 9.17) is 16.3 Å². The van der Waals surface area contributed by atoms with Crippen molar-refractivity contribution in [2.75, 3.05) is 6.61 Å². The van der Waals surface area contributed by atoms with Gasteiger partial charge in [-0.3, -0.25) is 4.79 Å². The highest BCUT2D eigenvalue weighted by Crippen LogP contribution is 2.36. The molecule has 0 amide bonds. The maximum Gasteiger partial charge on any atom is 0.133 e. The minimum atomic E-state index is 0.419. The summed E-state index contributed by atoms with van der Waals surface area (Å²) < 4.78 is 5.74. The molecule has 0 bridgehead atoms. The zero-order valence-electron chi connectivity index (χ0n) is 11.1. The van der Waals surface area contributed by atoms with Crippen molar-refractivity contribution in [2.24, 2.45) is 5.92 Å². The lowest BCUT2D eigenvalue weighted by molar-refractivity contribution is -0.119. The molecule has 1 saturated carbocycles. The van der Waals surface area contributed by atoms with Crippen molar-refractivity contribution in [3.63, 3.8) is 0 Å². The highest BCUT2D eigenvalue weighted by molar-refractivity contribution is 6.30. The summed E-state index contributed by atoms with van der Waals surface area (Å²) in [5, 5.41) is 0.791. The molecule has 1 atom stereocenters. The molecule has 0 radical (unpaired) electrons. The predicted octanol–water partition coefficient (Wildman–Crippen LogP) is 3.97. The third kappa shape index (κ3) is 2.94. The van der Waals surface area contributed by atoms with Crippen LogP contribution < -0.4 is 4.74 Å². The molecule has 1 aliphatic heterocycles. The Bertz CT molecular complexity index is 496. The molecule has 1 aromatic carbocycles. The van der Waals surface area contributed by atoms with Crippen molar-refractivity contribution < 1.29 is 9.53 Å². The highest BCUT2D eigenvalue weighted by Gasteiger charge is 2.23. The van der Waals surface area contributed by atoms with Crippen LogP contribution in [0.15, 0.2) is 12.1 Å². The molecule has 2 aliphatic rings. The molecule has 0 saturated heterocycles. The van der Waals surface area contributed by atoms with Crippen LogP contribution >= 0.6 is 11.6 Å². The molecule has 0 aromatic heterocycles. The van der Waals surface area contributed by atoms with Gasteiger partial charge in [-0.2, -0.15) is 0 Å². The van der Waals surface area contributed by atoms with Crippen molar-refractivity contribution in [3.05, 3.63) is 28.3 Å². The van der Waals surface area contributed by atoms with Gasteiger partial charge < -0.3 is 4.74 Å². The maximum absolute atomic E-state index is 11.7. The Morgan fingerprint density at radius 3 is 3.05 bits per heavy atom. The Kier molecular flexibility index (Phi) is 3.79. The summed E-state index contributed by atoms with van der Waals surface area (Å²) in [6.07, 6.45) is 6.73. The first-order valence-corrected chi connectivity index (χ1v) is 7.56. The molecular formula is C16H19ClO2. The van der Waals surface area contributed by atoms with Gasteiger partial charge in [-0.1, -0.05) is 18.0 Å². The fourth-order valence-corrected chi connectivity index (χ4v) is 3.53. The molecule has 1 fully saturated rings. The Hall–Kier alpha value is -1.02. The minimum Gasteiger partial charge on any atom is -0.493 e. The van der Waals surface area contributed by atoms with E-state index in [9.17, 15) is 4.79 Å². The number of halogens is 1. The number of ketones is 1. The Balaban J connectivity index is 1.81. The summed E-state index contributed by atoms with van der Waals surface area (Å²) in [6.45, 7) is 0.756. The number of rotatable bonds is 2. The zero-order chi connectivity index (χ0) is 13.2. The van der Waals surface area contributed by atoms with Crippen LogP contribution in [-0.4, -0.2) is 12.4 Å². The van der Waals surface area contributed by atoms with E-state index in [0.29, 0.717) is 11.7 Å². The molecule has 2 nitrogen and oxygen atoms in total. The van der Waals surface area contributed by atoms with Crippen LogP contribution in [0.5, 0.6) is 5.75 Å². The monoisotopic (exact) mass is 278 g/mol. The van der Waals surface area contributed by atoms with Gasteiger partial charge in [0.25, 0.3) is 0 Å². The van der Waals surface area contributed by atoms with Crippen LogP contribution in [0.4, 0.5) is 0 Å². The van der Waals surface area contributed by atoms with Gasteiger partial charge in [0.2, 0.25) is 0 Å². The Morgan fingerprint density at radius 2 is 2.16 bits per heavy atom. The lowest BCUT2D eigenvalue weighted by Crippen LogP contribution is -2.09. The number of fused-ring (bicyclic) bond motifs is 1. The molecule has 102 valence electrons. The molecule has 19 heavy (non-hydrogen) atoms. The van der Waals surface area contributed by atoms with E-state index in [2.05, 4.69) is 0 Å². The van der Waals surface area contributed by atoms with Gasteiger partial charge in [-0.25, -0.2) is 0 Å². The van der Waals surface area contributed by atoms with Crippen molar-refractivity contribution in [2.45, 2.75) is 44.9 Å². The molecule has 3 heteroatoms. The van der Waals surface area contributed by atoms with E-state index < -0.39 is 0 Å². The van der Waals surface area contributed by atoms with Gasteiger partial charge in [0.15, 0.2) is 0 Å². The fourth-order valence-electron chi connectivity index (χ4n) is 3.26. The van der Waals surface area contributed by atoms with E-state index in [0.717, 1.165) is 55.9 Å². The number of hydrogen-bond donors (Lipinski definition) is 0. The Labute approximate surface area is 119 Å². The lowest BCUT2D eigenvalue weighted by Gasteiger charge is -2.16. The van der Waals surface area contributed by atoms with E-state index in [1.807, 2.05) is 12.1 Å². The van der Waals surface area contributed by atoms with Gasteiger partial charge >= 0.3 is 0 Å². The zero-order valence-corrected chi connectivity index (χ0v) is 11.8. The summed E-state index contributed by atoms with van der Waals surface area (Å²) in [4.78, 5) is 11.7. The fraction of sp³-hybridized carbons (Fsp3) is 0.562. The average Bonchev–Trinajstić information content (AvgIpc) is 2.73. The molecule has 1 aliphatic carbocycles. The SMILES string of the molecule is O=C1CCCCC(Cc2cc(Cl)cc3c2OCC3)C1. The van der Waals surface area contributed by atoms with E-state index >= 15 is 0 Å². The van der Waals surface area contributed by atoms with Crippen LogP contribution in [0, 0.1) is 5.92 Å². The van der Waals surface area contributed by atoms with Crippen LogP contribution in [0.1, 0.15) is 43.2 Å². The summed E-state index contributed by atoms with van der Waals surface area (Å²) in [7, 11) is 0. The predicted molar refractivity (Wildman–Crippen MR) is 75.9 cm³/mol. The molecule has 1 heterocycles. The number of Topliss-reactive ketones (excluding diaryl/α,β-unsaturated/α-hetero) is 1. The quantitative estimate of drug-likeness (QED) is 0.765. The first-order chi connectivity index (χ1) is 9.22. The number of carbonyl (C=O) groups is 1. The smallest absolute Gasteiger partial charge is 0.133 e. The van der Waals surface area contributed by atoms with Crippen molar-refractivity contribution >= 4 is 17.4 Å². The third-order valence-corrected chi connectivity index (χ3v) is 4.39. The second-order valence-corrected chi connectivity index (χ2v) is 6.15. The van der Waals surface area contributed by atoms with Gasteiger partial charge in [0.1, 0.15) is 11.5 Å². The minimum absolute atomic E-state index is 0.419. The van der Waals surface area contributed by atoms with E-state index in [1.54, 1.807) is 0 Å². The van der Waals surface area contributed by atoms with Gasteiger partial charge in [0, 0.05) is 24.3 Å². The van der Waals surface area contributed by atoms with Crippen LogP contribution in [0.25, 0.3) is 0 Å². The molecule has 0 N–H and O–H groups in total. The highest BCUT2D eigenvalue weighted by atomic mass is 35.5. The molecule has 0 spiro atoms. The lowest BCUT2D eigenvalue weighted by atomic mass is 9.91. The first-order valence-electron chi connectivity index (χ1n) is 7.18. The van der Waals surface area contributed by atoms with Gasteiger partial charge in [-0.05, 0) is 48.4 Å². The van der Waals surface area contributed by atoms with E-state index in [-0.39, 0.29) is 0 Å². The second-order valence-electron chi connectivity index (χ2n) is 5.71. The second kappa shape index (κ2) is 5.54. The normalized spacial score (nSPS) is 22.8. The third-order valence-electron chi connectivity index (χ3n) is 4.17. The maximum atomic E-state index is 11.7. The molecule has 1 aromatic rings. The van der Waals surface area contributed by atoms with Crippen LogP contribution in [0.2, 0.25) is 5.02 Å². The van der Waals surface area contributed by atoms with Crippen molar-refractivity contribution in [1.82, 2.24) is 0 Å². The van der Waals surface area contributed by atoms with E-state index in [1.165, 1.54) is 17.5 Å². The largest absolute Gasteiger partial charge is 0.493 e. The topological polar surface area (TPSA) is 26.3 Å². The standard InChI is InChI=1S/C16H19ClO2/c17-14-9-12-5-6-19-16(12)13(10-14)7-11-3-1-2-4-15(18)8-11/h9-11H,1-8H2. The molecular weight excluding hydrogens is 260 g/mol. The van der Waals surface area contributed by atoms with Crippen LogP contribution in [0.3, 0.4) is 0 Å². The number of ether oxygens (including phenoxy) is 1. The summed E-state index contributed by atoms with van der Waals surface area (Å²) in [5.41, 5.74) is 2.42. The van der Waals surface area contributed by atoms with Crippen molar-refractivity contribution in [3.8, 4) is 5.75 Å². The first kappa shape index (κ1) is 13.0. The summed E-state index contributed by atoms with van der Waals surface area (Å²) >= 11 is 6.18. The average molecular weight is 279 g/mol. The number of benzene rings is 1. The van der Waals surface area contributed by atoms with Crippen LogP contribution in [-0.2, 0) is 17.6 Å². The van der Waals surface area contributed by atoms with Crippen molar-refractivity contribution in [1.29, 1.82) is 0 Å². The molecule has 3 rings (SSSR count). The van der Waals surface area contributed by atoms with Gasteiger partial charge in [-0.15, -0.1) is 0 Å². The summed E-state index contributed by atoms with van der Waals surface area (Å²) in [5.74, 6) is 1.91.